The number of benzene rings is 2. The summed E-state index contributed by atoms with van der Waals surface area (Å²) in [5.41, 5.74) is 2.37. The van der Waals surface area contributed by atoms with Gasteiger partial charge in [-0.1, -0.05) is 18.2 Å². The molecule has 1 N–H and O–H groups in total. The number of anilines is 1. The number of nitro benzene ring substituents is 1. The summed E-state index contributed by atoms with van der Waals surface area (Å²) < 4.78 is 1.93. The summed E-state index contributed by atoms with van der Waals surface area (Å²) in [6.45, 7) is 2.29. The zero-order chi connectivity index (χ0) is 17.8. The normalized spacial score (nSPS) is 10.4. The van der Waals surface area contributed by atoms with E-state index in [1.807, 2.05) is 22.9 Å². The van der Waals surface area contributed by atoms with E-state index < -0.39 is 4.92 Å². The first-order valence-electron chi connectivity index (χ1n) is 7.64. The summed E-state index contributed by atoms with van der Waals surface area (Å²) in [5.74, 6) is -0.308. The Kier molecular flexibility index (Phi) is 4.56. The lowest BCUT2D eigenvalue weighted by Crippen LogP contribution is -2.13. The lowest BCUT2D eigenvalue weighted by molar-refractivity contribution is -0.385. The highest BCUT2D eigenvalue weighted by molar-refractivity contribution is 6.04. The van der Waals surface area contributed by atoms with Crippen LogP contribution in [-0.4, -0.2) is 20.4 Å². The molecule has 25 heavy (non-hydrogen) atoms. The van der Waals surface area contributed by atoms with Gasteiger partial charge in [0, 0.05) is 30.6 Å². The Bertz CT molecular complexity index is 903. The van der Waals surface area contributed by atoms with Crippen molar-refractivity contribution in [1.82, 2.24) is 9.55 Å². The molecule has 0 aliphatic carbocycles. The number of rotatable bonds is 5. The highest BCUT2D eigenvalue weighted by Crippen LogP contribution is 2.25. The van der Waals surface area contributed by atoms with E-state index >= 15 is 0 Å². The van der Waals surface area contributed by atoms with Gasteiger partial charge in [-0.15, -0.1) is 0 Å². The number of carbonyl (C=O) groups excluding carboxylic acids is 1. The molecule has 0 aliphatic heterocycles. The molecule has 126 valence electrons. The first-order chi connectivity index (χ1) is 12.0. The number of nitrogens with one attached hydrogen (secondary N) is 1. The molecule has 1 aromatic heterocycles. The van der Waals surface area contributed by atoms with E-state index in [1.54, 1.807) is 43.7 Å². The minimum Gasteiger partial charge on any atom is -0.333 e. The Labute approximate surface area is 144 Å². The zero-order valence-corrected chi connectivity index (χ0v) is 13.5. The number of nitro groups is 1. The number of nitrogens with zero attached hydrogens (tertiary/aromatic N) is 3. The molecule has 2 aromatic carbocycles. The molecule has 3 rings (SSSR count). The Morgan fingerprint density at radius 1 is 1.24 bits per heavy atom. The highest BCUT2D eigenvalue weighted by atomic mass is 16.6. The van der Waals surface area contributed by atoms with E-state index in [4.69, 9.17) is 0 Å². The average molecular weight is 336 g/mol. The van der Waals surface area contributed by atoms with Crippen molar-refractivity contribution < 1.29 is 9.72 Å². The Morgan fingerprint density at radius 3 is 2.64 bits per heavy atom. The van der Waals surface area contributed by atoms with E-state index in [0.29, 0.717) is 23.4 Å². The van der Waals surface area contributed by atoms with Gasteiger partial charge in [-0.05, 0) is 30.7 Å². The van der Waals surface area contributed by atoms with Crippen LogP contribution in [0.25, 0.3) is 0 Å². The van der Waals surface area contributed by atoms with Gasteiger partial charge in [0.05, 0.1) is 22.5 Å². The molecule has 0 aliphatic rings. The maximum Gasteiger partial charge on any atom is 0.274 e. The smallest absolute Gasteiger partial charge is 0.274 e. The van der Waals surface area contributed by atoms with Gasteiger partial charge in [-0.25, -0.2) is 4.98 Å². The summed E-state index contributed by atoms with van der Waals surface area (Å²) in [5, 5.41) is 13.7. The summed E-state index contributed by atoms with van der Waals surface area (Å²) in [6.07, 6.45) is 5.31. The van der Waals surface area contributed by atoms with Gasteiger partial charge in [-0.2, -0.15) is 0 Å². The molecule has 1 heterocycles. The number of amides is 1. The Hall–Kier alpha value is -3.48. The topological polar surface area (TPSA) is 90.1 Å². The number of hydrogen-bond donors (Lipinski definition) is 1. The second kappa shape index (κ2) is 6.96. The lowest BCUT2D eigenvalue weighted by Gasteiger charge is -2.09. The molecule has 0 saturated carbocycles. The molecule has 0 atom stereocenters. The highest BCUT2D eigenvalue weighted by Gasteiger charge is 2.15. The minimum atomic E-state index is -0.462. The van der Waals surface area contributed by atoms with Crippen molar-refractivity contribution in [2.75, 3.05) is 5.32 Å². The summed E-state index contributed by atoms with van der Waals surface area (Å²) in [6, 6.07) is 11.8. The third-order valence-electron chi connectivity index (χ3n) is 3.89. The second-order valence-corrected chi connectivity index (χ2v) is 5.59. The molecule has 7 nitrogen and oxygen atoms in total. The Morgan fingerprint density at radius 2 is 2.00 bits per heavy atom. The molecule has 0 spiro atoms. The second-order valence-electron chi connectivity index (χ2n) is 5.59. The van der Waals surface area contributed by atoms with Crippen LogP contribution in [0.4, 0.5) is 11.4 Å². The van der Waals surface area contributed by atoms with E-state index in [2.05, 4.69) is 10.3 Å². The SMILES string of the molecule is Cc1c(NC(=O)c2ccc(Cn3ccnc3)cc2)cccc1[N+](=O)[O-]. The molecule has 0 bridgehead atoms. The van der Waals surface area contributed by atoms with Gasteiger partial charge in [-0.3, -0.25) is 14.9 Å². The van der Waals surface area contributed by atoms with Gasteiger partial charge >= 0.3 is 0 Å². The third-order valence-corrected chi connectivity index (χ3v) is 3.89. The summed E-state index contributed by atoms with van der Waals surface area (Å²) in [4.78, 5) is 26.9. The van der Waals surface area contributed by atoms with Crippen LogP contribution in [0.2, 0.25) is 0 Å². The van der Waals surface area contributed by atoms with Crippen molar-refractivity contribution in [2.24, 2.45) is 0 Å². The maximum absolute atomic E-state index is 12.4. The average Bonchev–Trinajstić information content (AvgIpc) is 3.10. The molecular formula is C18H16N4O3. The van der Waals surface area contributed by atoms with Crippen LogP contribution in [0, 0.1) is 17.0 Å². The number of hydrogen-bond acceptors (Lipinski definition) is 4. The molecule has 1 amide bonds. The van der Waals surface area contributed by atoms with E-state index in [0.717, 1.165) is 5.56 Å². The van der Waals surface area contributed by atoms with Crippen LogP contribution in [0.1, 0.15) is 21.5 Å². The largest absolute Gasteiger partial charge is 0.333 e. The molecule has 0 radical (unpaired) electrons. The summed E-state index contributed by atoms with van der Waals surface area (Å²) >= 11 is 0. The lowest BCUT2D eigenvalue weighted by atomic mass is 10.1. The molecule has 7 heteroatoms. The number of aromatic nitrogens is 2. The van der Waals surface area contributed by atoms with Crippen molar-refractivity contribution >= 4 is 17.3 Å². The van der Waals surface area contributed by atoms with Gasteiger partial charge in [0.1, 0.15) is 0 Å². The fourth-order valence-corrected chi connectivity index (χ4v) is 2.50. The van der Waals surface area contributed by atoms with Crippen LogP contribution < -0.4 is 5.32 Å². The quantitative estimate of drug-likeness (QED) is 0.571. The summed E-state index contributed by atoms with van der Waals surface area (Å²) in [7, 11) is 0. The van der Waals surface area contributed by atoms with Crippen LogP contribution in [-0.2, 0) is 6.54 Å². The van der Waals surface area contributed by atoms with Crippen LogP contribution >= 0.6 is 0 Å². The van der Waals surface area contributed by atoms with Crippen LogP contribution in [0.15, 0.2) is 61.2 Å². The van der Waals surface area contributed by atoms with Crippen molar-refractivity contribution in [1.29, 1.82) is 0 Å². The molecule has 0 unspecified atom stereocenters. The third kappa shape index (κ3) is 3.72. The van der Waals surface area contributed by atoms with Crippen molar-refractivity contribution in [3.8, 4) is 0 Å². The van der Waals surface area contributed by atoms with Crippen molar-refractivity contribution in [2.45, 2.75) is 13.5 Å². The monoisotopic (exact) mass is 336 g/mol. The molecule has 0 fully saturated rings. The molecular weight excluding hydrogens is 320 g/mol. The van der Waals surface area contributed by atoms with E-state index in [1.165, 1.54) is 6.07 Å². The number of carbonyl (C=O) groups is 1. The van der Waals surface area contributed by atoms with Gasteiger partial charge in [0.2, 0.25) is 0 Å². The first kappa shape index (κ1) is 16.4. The predicted octanol–water partition coefficient (Wildman–Crippen LogP) is 3.40. The van der Waals surface area contributed by atoms with Crippen molar-refractivity contribution in [3.63, 3.8) is 0 Å². The fourth-order valence-electron chi connectivity index (χ4n) is 2.50. The predicted molar refractivity (Wildman–Crippen MR) is 93.6 cm³/mol. The van der Waals surface area contributed by atoms with Gasteiger partial charge in [0.25, 0.3) is 11.6 Å². The molecule has 3 aromatic rings. The zero-order valence-electron chi connectivity index (χ0n) is 13.5. The van der Waals surface area contributed by atoms with E-state index in [9.17, 15) is 14.9 Å². The minimum absolute atomic E-state index is 0.0199. The molecule has 0 saturated heterocycles. The number of imidazole rings is 1. The fraction of sp³-hybridized carbons (Fsp3) is 0.111. The van der Waals surface area contributed by atoms with Crippen LogP contribution in [0.5, 0.6) is 0 Å². The maximum atomic E-state index is 12.4. The van der Waals surface area contributed by atoms with Crippen molar-refractivity contribution in [3.05, 3.63) is 88.0 Å². The van der Waals surface area contributed by atoms with Gasteiger partial charge < -0.3 is 9.88 Å². The Balaban J connectivity index is 1.73. The standard InChI is InChI=1S/C18H16N4O3/c1-13-16(3-2-4-17(13)22(24)25)20-18(23)15-7-5-14(6-8-15)11-21-10-9-19-12-21/h2-10,12H,11H2,1H3,(H,20,23). The first-order valence-corrected chi connectivity index (χ1v) is 7.64. The van der Waals surface area contributed by atoms with Gasteiger partial charge in [0.15, 0.2) is 0 Å². The van der Waals surface area contributed by atoms with Crippen LogP contribution in [0.3, 0.4) is 0 Å². The van der Waals surface area contributed by atoms with E-state index in [-0.39, 0.29) is 11.6 Å².